The fraction of sp³-hybridized carbons (Fsp3) is 0.333. The number of ether oxygens (including phenoxy) is 1. The number of H-pyrrole nitrogens is 1. The molecular formula is C21H22N4O2. The Labute approximate surface area is 157 Å². The molecule has 0 bridgehead atoms. The highest BCUT2D eigenvalue weighted by molar-refractivity contribution is 5.82. The van der Waals surface area contributed by atoms with Gasteiger partial charge in [-0.3, -0.25) is 4.79 Å². The molecule has 0 atom stereocenters. The second-order valence-corrected chi connectivity index (χ2v) is 7.28. The Balaban J connectivity index is 1.42. The van der Waals surface area contributed by atoms with E-state index in [-0.39, 0.29) is 11.7 Å². The first kappa shape index (κ1) is 16.3. The maximum atomic E-state index is 12.7. The topological polar surface area (TPSA) is 61.5 Å². The van der Waals surface area contributed by atoms with Crippen molar-refractivity contribution in [3.05, 3.63) is 64.2 Å². The highest BCUT2D eigenvalue weighted by Gasteiger charge is 2.27. The SMILES string of the molecule is COC1CN(c2ccc3nc(CN4CCc5ccccc54)[nH]c(=O)c3c2)C1. The van der Waals surface area contributed by atoms with E-state index in [0.717, 1.165) is 37.3 Å². The third-order valence-corrected chi connectivity index (χ3v) is 5.61. The molecule has 0 spiro atoms. The molecule has 1 saturated heterocycles. The molecule has 0 unspecified atom stereocenters. The Morgan fingerprint density at radius 2 is 2.07 bits per heavy atom. The summed E-state index contributed by atoms with van der Waals surface area (Å²) in [4.78, 5) is 24.8. The van der Waals surface area contributed by atoms with Crippen LogP contribution in [-0.4, -0.2) is 42.8 Å². The lowest BCUT2D eigenvalue weighted by Crippen LogP contribution is -2.51. The van der Waals surface area contributed by atoms with Gasteiger partial charge in [-0.2, -0.15) is 0 Å². The van der Waals surface area contributed by atoms with Gasteiger partial charge in [0, 0.05) is 38.1 Å². The molecule has 6 heteroatoms. The van der Waals surface area contributed by atoms with Gasteiger partial charge in [-0.15, -0.1) is 0 Å². The lowest BCUT2D eigenvalue weighted by molar-refractivity contribution is 0.0788. The second-order valence-electron chi connectivity index (χ2n) is 7.28. The van der Waals surface area contributed by atoms with E-state index in [2.05, 4.69) is 39.0 Å². The van der Waals surface area contributed by atoms with Gasteiger partial charge >= 0.3 is 0 Å². The molecule has 2 aliphatic heterocycles. The van der Waals surface area contributed by atoms with Crippen LogP contribution < -0.4 is 15.4 Å². The van der Waals surface area contributed by atoms with Crippen molar-refractivity contribution in [1.29, 1.82) is 0 Å². The maximum Gasteiger partial charge on any atom is 0.258 e. The molecule has 0 aliphatic carbocycles. The smallest absolute Gasteiger partial charge is 0.258 e. The van der Waals surface area contributed by atoms with Crippen LogP contribution in [0.25, 0.3) is 10.9 Å². The zero-order chi connectivity index (χ0) is 18.4. The molecule has 3 heterocycles. The van der Waals surface area contributed by atoms with Crippen LogP contribution in [0.1, 0.15) is 11.4 Å². The number of hydrogen-bond donors (Lipinski definition) is 1. The summed E-state index contributed by atoms with van der Waals surface area (Å²) in [6.07, 6.45) is 1.32. The summed E-state index contributed by atoms with van der Waals surface area (Å²) in [5.41, 5.74) is 4.31. The van der Waals surface area contributed by atoms with Crippen LogP contribution >= 0.6 is 0 Å². The van der Waals surface area contributed by atoms with Gasteiger partial charge in [-0.05, 0) is 36.2 Å². The predicted molar refractivity (Wildman–Crippen MR) is 107 cm³/mol. The number of anilines is 2. The van der Waals surface area contributed by atoms with Crippen molar-refractivity contribution in [3.63, 3.8) is 0 Å². The molecule has 1 N–H and O–H groups in total. The maximum absolute atomic E-state index is 12.7. The van der Waals surface area contributed by atoms with Crippen molar-refractivity contribution in [2.24, 2.45) is 0 Å². The number of fused-ring (bicyclic) bond motifs is 2. The van der Waals surface area contributed by atoms with E-state index in [0.29, 0.717) is 17.8 Å². The van der Waals surface area contributed by atoms with Crippen molar-refractivity contribution in [2.45, 2.75) is 19.1 Å². The van der Waals surface area contributed by atoms with Gasteiger partial charge in [0.2, 0.25) is 0 Å². The average Bonchev–Trinajstić information content (AvgIpc) is 3.04. The minimum absolute atomic E-state index is 0.0758. The number of nitrogens with one attached hydrogen (secondary N) is 1. The lowest BCUT2D eigenvalue weighted by atomic mass is 10.1. The Bertz CT molecular complexity index is 1060. The summed E-state index contributed by atoms with van der Waals surface area (Å²) in [7, 11) is 1.73. The van der Waals surface area contributed by atoms with Crippen LogP contribution in [-0.2, 0) is 17.7 Å². The Hall–Kier alpha value is -2.86. The molecule has 5 rings (SSSR count). The van der Waals surface area contributed by atoms with Gasteiger partial charge < -0.3 is 19.5 Å². The van der Waals surface area contributed by atoms with Crippen molar-refractivity contribution in [1.82, 2.24) is 9.97 Å². The largest absolute Gasteiger partial charge is 0.378 e. The normalized spacial score (nSPS) is 16.6. The van der Waals surface area contributed by atoms with E-state index >= 15 is 0 Å². The summed E-state index contributed by atoms with van der Waals surface area (Å²) >= 11 is 0. The van der Waals surface area contributed by atoms with Crippen LogP contribution in [0.3, 0.4) is 0 Å². The van der Waals surface area contributed by atoms with Crippen LogP contribution in [0.15, 0.2) is 47.3 Å². The molecule has 1 fully saturated rings. The van der Waals surface area contributed by atoms with E-state index in [9.17, 15) is 4.79 Å². The van der Waals surface area contributed by atoms with Gasteiger partial charge in [-0.25, -0.2) is 4.98 Å². The minimum atomic E-state index is -0.0758. The van der Waals surface area contributed by atoms with E-state index in [1.54, 1.807) is 7.11 Å². The van der Waals surface area contributed by atoms with Gasteiger partial charge in [0.1, 0.15) is 5.82 Å². The second kappa shape index (κ2) is 6.39. The first-order valence-electron chi connectivity index (χ1n) is 9.35. The molecule has 3 aromatic rings. The van der Waals surface area contributed by atoms with Crippen LogP contribution in [0.4, 0.5) is 11.4 Å². The number of para-hydroxylation sites is 1. The summed E-state index contributed by atoms with van der Waals surface area (Å²) < 4.78 is 5.33. The number of nitrogens with zero attached hydrogens (tertiary/aromatic N) is 3. The molecule has 138 valence electrons. The van der Waals surface area contributed by atoms with Gasteiger partial charge in [0.15, 0.2) is 0 Å². The quantitative estimate of drug-likeness (QED) is 0.772. The molecule has 2 aromatic carbocycles. The van der Waals surface area contributed by atoms with E-state index in [4.69, 9.17) is 9.72 Å². The fourth-order valence-electron chi connectivity index (χ4n) is 4.00. The highest BCUT2D eigenvalue weighted by atomic mass is 16.5. The predicted octanol–water partition coefficient (Wildman–Crippen LogP) is 2.32. The zero-order valence-electron chi connectivity index (χ0n) is 15.3. The number of aromatic amines is 1. The summed E-state index contributed by atoms with van der Waals surface area (Å²) in [5, 5.41) is 0.638. The highest BCUT2D eigenvalue weighted by Crippen LogP contribution is 2.29. The molecule has 0 saturated carbocycles. The van der Waals surface area contributed by atoms with Gasteiger partial charge in [0.25, 0.3) is 5.56 Å². The van der Waals surface area contributed by atoms with Crippen LogP contribution in [0, 0.1) is 0 Å². The lowest BCUT2D eigenvalue weighted by Gasteiger charge is -2.40. The third kappa shape index (κ3) is 2.86. The zero-order valence-corrected chi connectivity index (χ0v) is 15.3. The molecule has 2 aliphatic rings. The number of rotatable bonds is 4. The van der Waals surface area contributed by atoms with E-state index in [1.165, 1.54) is 11.3 Å². The Morgan fingerprint density at radius 3 is 2.93 bits per heavy atom. The first-order valence-corrected chi connectivity index (χ1v) is 9.35. The fourth-order valence-corrected chi connectivity index (χ4v) is 4.00. The first-order chi connectivity index (χ1) is 13.2. The monoisotopic (exact) mass is 362 g/mol. The van der Waals surface area contributed by atoms with E-state index < -0.39 is 0 Å². The molecule has 6 nitrogen and oxygen atoms in total. The van der Waals surface area contributed by atoms with Crippen molar-refractivity contribution in [2.75, 3.05) is 36.5 Å². The van der Waals surface area contributed by atoms with Crippen molar-refractivity contribution >= 4 is 22.3 Å². The third-order valence-electron chi connectivity index (χ3n) is 5.61. The van der Waals surface area contributed by atoms with Crippen LogP contribution in [0.5, 0.6) is 0 Å². The summed E-state index contributed by atoms with van der Waals surface area (Å²) in [5.74, 6) is 0.709. The van der Waals surface area contributed by atoms with Crippen LogP contribution in [0.2, 0.25) is 0 Å². The number of aromatic nitrogens is 2. The molecule has 0 amide bonds. The number of hydrogen-bond acceptors (Lipinski definition) is 5. The van der Waals surface area contributed by atoms with E-state index in [1.807, 2.05) is 18.2 Å². The molecule has 27 heavy (non-hydrogen) atoms. The average molecular weight is 362 g/mol. The standard InChI is InChI=1S/C21H22N4O2/c1-27-16-11-25(12-16)15-6-7-18-17(10-15)21(26)23-20(22-18)13-24-9-8-14-4-2-3-5-19(14)24/h2-7,10,16H,8-9,11-13H2,1H3,(H,22,23,26). The molecule has 1 aromatic heterocycles. The summed E-state index contributed by atoms with van der Waals surface area (Å²) in [6, 6.07) is 14.3. The van der Waals surface area contributed by atoms with Gasteiger partial charge in [-0.1, -0.05) is 18.2 Å². The minimum Gasteiger partial charge on any atom is -0.378 e. The number of benzene rings is 2. The van der Waals surface area contributed by atoms with Crippen molar-refractivity contribution < 1.29 is 4.74 Å². The number of methoxy groups -OCH3 is 1. The van der Waals surface area contributed by atoms with Crippen molar-refractivity contribution in [3.8, 4) is 0 Å². The Kier molecular flexibility index (Phi) is 3.86. The summed E-state index contributed by atoms with van der Waals surface area (Å²) in [6.45, 7) is 3.29. The molecular weight excluding hydrogens is 340 g/mol. The molecule has 0 radical (unpaired) electrons. The Morgan fingerprint density at radius 1 is 1.22 bits per heavy atom. The van der Waals surface area contributed by atoms with Gasteiger partial charge in [0.05, 0.1) is 23.6 Å².